The molecule has 0 radical (unpaired) electrons. The van der Waals surface area contributed by atoms with Gasteiger partial charge in [0.2, 0.25) is 0 Å². The molecule has 0 saturated heterocycles. The first kappa shape index (κ1) is 11.5. The minimum Gasteiger partial charge on any atom is -0.0880 e. The minimum atomic E-state index is 0.769. The maximum Gasteiger partial charge on any atom is 0.0000771 e. The van der Waals surface area contributed by atoms with Gasteiger partial charge >= 0.3 is 0 Å². The second kappa shape index (κ2) is 7.14. The molecule has 0 saturated carbocycles. The molecule has 0 aliphatic carbocycles. The third-order valence-electron chi connectivity index (χ3n) is 1.64. The molecule has 0 N–H and O–H groups in total. The Hall–Kier alpha value is 0.470. The maximum atomic E-state index is 2.43. The van der Waals surface area contributed by atoms with Crippen molar-refractivity contribution in [2.75, 3.05) is 4.43 Å². The molecule has 1 atom stereocenters. The Balaban J connectivity index is 3.39. The standard InChI is InChI=1S/C10H19I/c1-9(2)5-4-6-10(3)7-8-11/h4,6,9-10H,5,7-8H2,1-3H3/b6-4-/t10-/m1/s1. The Bertz CT molecular complexity index is 105. The molecule has 1 heteroatoms. The van der Waals surface area contributed by atoms with Crippen LogP contribution in [0.4, 0.5) is 0 Å². The van der Waals surface area contributed by atoms with Gasteiger partial charge in [-0.25, -0.2) is 0 Å². The lowest BCUT2D eigenvalue weighted by molar-refractivity contribution is 0.651. The molecule has 0 fully saturated rings. The van der Waals surface area contributed by atoms with Crippen molar-refractivity contribution in [1.82, 2.24) is 0 Å². The van der Waals surface area contributed by atoms with Gasteiger partial charge in [0, 0.05) is 4.43 Å². The van der Waals surface area contributed by atoms with E-state index in [-0.39, 0.29) is 0 Å². The van der Waals surface area contributed by atoms with Crippen LogP contribution < -0.4 is 0 Å². The SMILES string of the molecule is CC(C)C/C=C\[C@@H](C)CCI. The van der Waals surface area contributed by atoms with Crippen molar-refractivity contribution < 1.29 is 0 Å². The summed E-state index contributed by atoms with van der Waals surface area (Å²) >= 11 is 2.43. The highest BCUT2D eigenvalue weighted by Gasteiger charge is 1.94. The Labute approximate surface area is 84.6 Å². The van der Waals surface area contributed by atoms with Gasteiger partial charge in [0.25, 0.3) is 0 Å². The molecule has 0 bridgehead atoms. The highest BCUT2D eigenvalue weighted by atomic mass is 127. The van der Waals surface area contributed by atoms with Gasteiger partial charge < -0.3 is 0 Å². The van der Waals surface area contributed by atoms with Crippen LogP contribution in [0.25, 0.3) is 0 Å². The molecule has 0 rings (SSSR count). The highest BCUT2D eigenvalue weighted by molar-refractivity contribution is 14.1. The van der Waals surface area contributed by atoms with Gasteiger partial charge in [0.1, 0.15) is 0 Å². The predicted octanol–water partition coefficient (Wildman–Crippen LogP) is 4.05. The molecule has 0 aromatic heterocycles. The molecular formula is C10H19I. The summed E-state index contributed by atoms with van der Waals surface area (Å²) in [5.74, 6) is 1.57. The Morgan fingerprint density at radius 3 is 2.36 bits per heavy atom. The fourth-order valence-electron chi connectivity index (χ4n) is 0.851. The fourth-order valence-corrected chi connectivity index (χ4v) is 1.83. The normalized spacial score (nSPS) is 14.6. The second-order valence-corrected chi connectivity index (χ2v) is 4.59. The fraction of sp³-hybridized carbons (Fsp3) is 0.800. The minimum absolute atomic E-state index is 0.769. The van der Waals surface area contributed by atoms with Gasteiger partial charge in [-0.05, 0) is 24.7 Å². The van der Waals surface area contributed by atoms with Crippen molar-refractivity contribution in [2.45, 2.75) is 33.6 Å². The van der Waals surface area contributed by atoms with Gasteiger partial charge in [-0.3, -0.25) is 0 Å². The summed E-state index contributed by atoms with van der Waals surface area (Å²) in [5.41, 5.74) is 0. The van der Waals surface area contributed by atoms with Crippen molar-refractivity contribution in [3.63, 3.8) is 0 Å². The van der Waals surface area contributed by atoms with E-state index in [0.29, 0.717) is 0 Å². The summed E-state index contributed by atoms with van der Waals surface area (Å²) in [6, 6.07) is 0. The van der Waals surface area contributed by atoms with Crippen LogP contribution in [0.1, 0.15) is 33.6 Å². The van der Waals surface area contributed by atoms with E-state index in [0.717, 1.165) is 11.8 Å². The third-order valence-corrected chi connectivity index (χ3v) is 2.26. The maximum absolute atomic E-state index is 2.43. The van der Waals surface area contributed by atoms with Crippen LogP contribution in [0.2, 0.25) is 0 Å². The lowest BCUT2D eigenvalue weighted by Crippen LogP contribution is -1.90. The molecule has 0 aliphatic rings. The zero-order chi connectivity index (χ0) is 8.69. The van der Waals surface area contributed by atoms with E-state index >= 15 is 0 Å². The number of hydrogen-bond acceptors (Lipinski definition) is 0. The largest absolute Gasteiger partial charge is 0.0880 e. The van der Waals surface area contributed by atoms with Crippen LogP contribution in [-0.2, 0) is 0 Å². The Morgan fingerprint density at radius 2 is 1.91 bits per heavy atom. The zero-order valence-electron chi connectivity index (χ0n) is 7.81. The van der Waals surface area contributed by atoms with E-state index in [1.807, 2.05) is 0 Å². The van der Waals surface area contributed by atoms with Crippen molar-refractivity contribution in [2.24, 2.45) is 11.8 Å². The van der Waals surface area contributed by atoms with Crippen LogP contribution in [0.5, 0.6) is 0 Å². The zero-order valence-corrected chi connectivity index (χ0v) is 9.97. The molecule has 0 nitrogen and oxygen atoms in total. The number of halogens is 1. The lowest BCUT2D eigenvalue weighted by atomic mass is 10.1. The van der Waals surface area contributed by atoms with Crippen molar-refractivity contribution >= 4 is 22.6 Å². The van der Waals surface area contributed by atoms with Gasteiger partial charge in [-0.1, -0.05) is 55.5 Å². The first-order valence-corrected chi connectivity index (χ1v) is 5.92. The van der Waals surface area contributed by atoms with Crippen LogP contribution in [0.15, 0.2) is 12.2 Å². The van der Waals surface area contributed by atoms with E-state index in [9.17, 15) is 0 Å². The number of alkyl halides is 1. The van der Waals surface area contributed by atoms with E-state index in [1.165, 1.54) is 17.3 Å². The summed E-state index contributed by atoms with van der Waals surface area (Å²) < 4.78 is 1.27. The Kier molecular flexibility index (Phi) is 7.44. The van der Waals surface area contributed by atoms with Crippen LogP contribution in [0.3, 0.4) is 0 Å². The molecule has 0 aromatic carbocycles. The average Bonchev–Trinajstić information content (AvgIpc) is 1.87. The summed E-state index contributed by atoms with van der Waals surface area (Å²) in [6.07, 6.45) is 7.21. The molecule has 66 valence electrons. The van der Waals surface area contributed by atoms with E-state index in [2.05, 4.69) is 55.5 Å². The summed E-state index contributed by atoms with van der Waals surface area (Å²) in [5, 5.41) is 0. The van der Waals surface area contributed by atoms with Gasteiger partial charge in [0.15, 0.2) is 0 Å². The first-order chi connectivity index (χ1) is 5.16. The number of hydrogen-bond donors (Lipinski definition) is 0. The van der Waals surface area contributed by atoms with Crippen molar-refractivity contribution in [1.29, 1.82) is 0 Å². The lowest BCUT2D eigenvalue weighted by Gasteiger charge is -2.02. The molecule has 0 aromatic rings. The average molecular weight is 266 g/mol. The second-order valence-electron chi connectivity index (χ2n) is 3.51. The van der Waals surface area contributed by atoms with E-state index in [4.69, 9.17) is 0 Å². The molecule has 0 amide bonds. The molecule has 0 aliphatic heterocycles. The van der Waals surface area contributed by atoms with Gasteiger partial charge in [-0.15, -0.1) is 0 Å². The smallest absolute Gasteiger partial charge is 0.0000771 e. The molecule has 11 heavy (non-hydrogen) atoms. The molecule has 0 spiro atoms. The third kappa shape index (κ3) is 8.38. The highest BCUT2D eigenvalue weighted by Crippen LogP contribution is 2.08. The number of rotatable bonds is 5. The van der Waals surface area contributed by atoms with E-state index < -0.39 is 0 Å². The van der Waals surface area contributed by atoms with Gasteiger partial charge in [0.05, 0.1) is 0 Å². The summed E-state index contributed by atoms with van der Waals surface area (Å²) in [6.45, 7) is 6.80. The Morgan fingerprint density at radius 1 is 1.27 bits per heavy atom. The molecular weight excluding hydrogens is 247 g/mol. The molecule has 0 heterocycles. The van der Waals surface area contributed by atoms with Crippen LogP contribution in [0, 0.1) is 11.8 Å². The quantitative estimate of drug-likeness (QED) is 0.400. The van der Waals surface area contributed by atoms with Crippen LogP contribution >= 0.6 is 22.6 Å². The van der Waals surface area contributed by atoms with Gasteiger partial charge in [-0.2, -0.15) is 0 Å². The van der Waals surface area contributed by atoms with Crippen LogP contribution in [-0.4, -0.2) is 4.43 Å². The topological polar surface area (TPSA) is 0 Å². The monoisotopic (exact) mass is 266 g/mol. The van der Waals surface area contributed by atoms with E-state index in [1.54, 1.807) is 0 Å². The number of allylic oxidation sites excluding steroid dienone is 2. The first-order valence-electron chi connectivity index (χ1n) is 4.39. The van der Waals surface area contributed by atoms with Crippen molar-refractivity contribution in [3.8, 4) is 0 Å². The molecule has 0 unspecified atom stereocenters. The van der Waals surface area contributed by atoms with Crippen molar-refractivity contribution in [3.05, 3.63) is 12.2 Å². The predicted molar refractivity (Wildman–Crippen MR) is 61.3 cm³/mol. The summed E-state index contributed by atoms with van der Waals surface area (Å²) in [7, 11) is 0. The summed E-state index contributed by atoms with van der Waals surface area (Å²) in [4.78, 5) is 0.